The van der Waals surface area contributed by atoms with Crippen LogP contribution in [0.15, 0.2) is 66.7 Å². The molecule has 158 valence electrons. The predicted molar refractivity (Wildman–Crippen MR) is 126 cm³/mol. The monoisotopic (exact) mass is 432 g/mol. The first-order valence-corrected chi connectivity index (χ1v) is 11.0. The van der Waals surface area contributed by atoms with Crippen LogP contribution in [-0.4, -0.2) is 43.1 Å². The van der Waals surface area contributed by atoms with Crippen molar-refractivity contribution in [3.8, 4) is 17.2 Å². The van der Waals surface area contributed by atoms with Crippen molar-refractivity contribution in [2.24, 2.45) is 0 Å². The Balaban J connectivity index is 1.36. The molecule has 0 radical (unpaired) electrons. The van der Waals surface area contributed by atoms with E-state index in [1.54, 1.807) is 7.11 Å². The average molecular weight is 433 g/mol. The van der Waals surface area contributed by atoms with Crippen LogP contribution in [0.4, 0.5) is 0 Å². The molecule has 0 aliphatic carbocycles. The topological polar surface area (TPSA) is 24.9 Å². The van der Waals surface area contributed by atoms with Crippen LogP contribution in [0.2, 0.25) is 5.02 Å². The fourth-order valence-electron chi connectivity index (χ4n) is 4.24. The number of rotatable bonds is 4. The van der Waals surface area contributed by atoms with E-state index in [4.69, 9.17) is 21.1 Å². The molecule has 4 nitrogen and oxygen atoms in total. The van der Waals surface area contributed by atoms with E-state index in [1.165, 1.54) is 11.3 Å². The molecular formula is C26H25ClN2O2. The summed E-state index contributed by atoms with van der Waals surface area (Å²) in [5.74, 6) is 2.57. The van der Waals surface area contributed by atoms with Crippen LogP contribution in [0.3, 0.4) is 0 Å². The standard InChI is InChI=1S/C26H25ClN2O2/c1-30-20-11-9-19(10-12-20)18-28-13-15-29(16-14-28)24-17-22-23(27)6-4-8-26(22)31-25-7-3-2-5-21(24)25/h2-12,17H,13-16,18H2,1H3. The minimum atomic E-state index is 0.709. The Bertz CT molecular complexity index is 1100. The van der Waals surface area contributed by atoms with Gasteiger partial charge in [0.05, 0.1) is 12.1 Å². The maximum absolute atomic E-state index is 6.54. The third-order valence-corrected chi connectivity index (χ3v) is 6.28. The molecule has 2 aliphatic heterocycles. The van der Waals surface area contributed by atoms with Gasteiger partial charge in [0.25, 0.3) is 0 Å². The number of para-hydroxylation sites is 1. The molecule has 3 aromatic rings. The van der Waals surface area contributed by atoms with Crippen molar-refractivity contribution in [2.75, 3.05) is 33.3 Å². The van der Waals surface area contributed by atoms with Gasteiger partial charge in [0.1, 0.15) is 17.2 Å². The molecule has 0 saturated carbocycles. The summed E-state index contributed by atoms with van der Waals surface area (Å²) in [5.41, 5.74) is 4.53. The summed E-state index contributed by atoms with van der Waals surface area (Å²) in [6.07, 6.45) is 2.18. The summed E-state index contributed by atoms with van der Waals surface area (Å²) in [6.45, 7) is 4.86. The summed E-state index contributed by atoms with van der Waals surface area (Å²) in [4.78, 5) is 4.95. The third-order valence-electron chi connectivity index (χ3n) is 5.96. The van der Waals surface area contributed by atoms with Gasteiger partial charge in [0, 0.05) is 49.5 Å². The Labute approximate surface area is 188 Å². The SMILES string of the molecule is COc1ccc(CN2CCN(C3=Cc4c(Cl)cccc4Oc4ccccc43)CC2)cc1. The van der Waals surface area contributed by atoms with Gasteiger partial charge in [-0.25, -0.2) is 0 Å². The van der Waals surface area contributed by atoms with Crippen molar-refractivity contribution in [2.45, 2.75) is 6.54 Å². The van der Waals surface area contributed by atoms with Gasteiger partial charge < -0.3 is 14.4 Å². The lowest BCUT2D eigenvalue weighted by atomic mass is 10.1. The molecule has 0 bridgehead atoms. The molecule has 3 aromatic carbocycles. The summed E-state index contributed by atoms with van der Waals surface area (Å²) in [7, 11) is 1.70. The molecule has 5 rings (SSSR count). The molecule has 5 heteroatoms. The van der Waals surface area contributed by atoms with E-state index >= 15 is 0 Å². The molecular weight excluding hydrogens is 408 g/mol. The fraction of sp³-hybridized carbons (Fsp3) is 0.231. The van der Waals surface area contributed by atoms with Crippen molar-refractivity contribution in [3.05, 3.63) is 88.4 Å². The second-order valence-electron chi connectivity index (χ2n) is 7.89. The molecule has 1 fully saturated rings. The first-order valence-electron chi connectivity index (χ1n) is 10.6. The number of methoxy groups -OCH3 is 1. The minimum Gasteiger partial charge on any atom is -0.497 e. The van der Waals surface area contributed by atoms with E-state index in [0.29, 0.717) is 5.02 Å². The van der Waals surface area contributed by atoms with Gasteiger partial charge >= 0.3 is 0 Å². The number of nitrogens with zero attached hydrogens (tertiary/aromatic N) is 2. The second kappa shape index (κ2) is 8.66. The number of fused-ring (bicyclic) bond motifs is 2. The quantitative estimate of drug-likeness (QED) is 0.522. The Morgan fingerprint density at radius 2 is 1.61 bits per heavy atom. The maximum atomic E-state index is 6.54. The molecule has 0 N–H and O–H groups in total. The van der Waals surface area contributed by atoms with Crippen molar-refractivity contribution < 1.29 is 9.47 Å². The molecule has 31 heavy (non-hydrogen) atoms. The number of ether oxygens (including phenoxy) is 2. The summed E-state index contributed by atoms with van der Waals surface area (Å²) in [5, 5.41) is 0.709. The van der Waals surface area contributed by atoms with Crippen LogP contribution < -0.4 is 9.47 Å². The molecule has 2 aliphatic rings. The van der Waals surface area contributed by atoms with Gasteiger partial charge in [-0.05, 0) is 48.0 Å². The molecule has 0 amide bonds. The van der Waals surface area contributed by atoms with Crippen LogP contribution in [-0.2, 0) is 6.54 Å². The lowest BCUT2D eigenvalue weighted by Crippen LogP contribution is -2.44. The largest absolute Gasteiger partial charge is 0.497 e. The summed E-state index contributed by atoms with van der Waals surface area (Å²) >= 11 is 6.54. The smallest absolute Gasteiger partial charge is 0.136 e. The van der Waals surface area contributed by atoms with Crippen molar-refractivity contribution in [1.29, 1.82) is 0 Å². The zero-order valence-corrected chi connectivity index (χ0v) is 18.3. The highest BCUT2D eigenvalue weighted by atomic mass is 35.5. The zero-order chi connectivity index (χ0) is 21.2. The van der Waals surface area contributed by atoms with Crippen LogP contribution >= 0.6 is 11.6 Å². The Morgan fingerprint density at radius 3 is 2.39 bits per heavy atom. The molecule has 0 aromatic heterocycles. The van der Waals surface area contributed by atoms with Crippen LogP contribution in [0.1, 0.15) is 16.7 Å². The van der Waals surface area contributed by atoms with Crippen LogP contribution in [0.5, 0.6) is 17.2 Å². The normalized spacial score (nSPS) is 15.9. The van der Waals surface area contributed by atoms with E-state index in [0.717, 1.165) is 61.1 Å². The lowest BCUT2D eigenvalue weighted by Gasteiger charge is -2.37. The number of halogens is 1. The highest BCUT2D eigenvalue weighted by molar-refractivity contribution is 6.32. The van der Waals surface area contributed by atoms with Crippen LogP contribution in [0, 0.1) is 0 Å². The van der Waals surface area contributed by atoms with E-state index in [-0.39, 0.29) is 0 Å². The average Bonchev–Trinajstić information content (AvgIpc) is 2.98. The van der Waals surface area contributed by atoms with Gasteiger partial charge in [-0.15, -0.1) is 0 Å². The minimum absolute atomic E-state index is 0.709. The molecule has 0 spiro atoms. The fourth-order valence-corrected chi connectivity index (χ4v) is 4.46. The van der Waals surface area contributed by atoms with Gasteiger partial charge in [0.2, 0.25) is 0 Å². The van der Waals surface area contributed by atoms with Gasteiger partial charge in [-0.3, -0.25) is 4.90 Å². The van der Waals surface area contributed by atoms with E-state index in [9.17, 15) is 0 Å². The van der Waals surface area contributed by atoms with E-state index in [2.05, 4.69) is 40.1 Å². The lowest BCUT2D eigenvalue weighted by molar-refractivity contribution is 0.169. The van der Waals surface area contributed by atoms with Crippen molar-refractivity contribution in [3.63, 3.8) is 0 Å². The first kappa shape index (κ1) is 20.0. The zero-order valence-electron chi connectivity index (χ0n) is 17.6. The van der Waals surface area contributed by atoms with Gasteiger partial charge in [0.15, 0.2) is 0 Å². The summed E-state index contributed by atoms with van der Waals surface area (Å²) in [6, 6.07) is 22.4. The molecule has 2 heterocycles. The first-order chi connectivity index (χ1) is 15.2. The highest BCUT2D eigenvalue weighted by Gasteiger charge is 2.25. The Kier molecular flexibility index (Phi) is 5.58. The molecule has 1 saturated heterocycles. The predicted octanol–water partition coefficient (Wildman–Crippen LogP) is 5.77. The molecule has 0 unspecified atom stereocenters. The number of piperazine rings is 1. The number of hydrogen-bond donors (Lipinski definition) is 0. The van der Waals surface area contributed by atoms with Gasteiger partial charge in [-0.1, -0.05) is 41.9 Å². The highest BCUT2D eigenvalue weighted by Crippen LogP contribution is 2.41. The maximum Gasteiger partial charge on any atom is 0.136 e. The van der Waals surface area contributed by atoms with Gasteiger partial charge in [-0.2, -0.15) is 0 Å². The van der Waals surface area contributed by atoms with E-state index < -0.39 is 0 Å². The number of hydrogen-bond acceptors (Lipinski definition) is 4. The molecule has 0 atom stereocenters. The Hall–Kier alpha value is -2.95. The Morgan fingerprint density at radius 1 is 0.871 bits per heavy atom. The van der Waals surface area contributed by atoms with Crippen molar-refractivity contribution >= 4 is 23.4 Å². The second-order valence-corrected chi connectivity index (χ2v) is 8.30. The number of benzene rings is 3. The van der Waals surface area contributed by atoms with Crippen molar-refractivity contribution in [1.82, 2.24) is 9.80 Å². The van der Waals surface area contributed by atoms with Crippen LogP contribution in [0.25, 0.3) is 11.8 Å². The van der Waals surface area contributed by atoms with E-state index in [1.807, 2.05) is 42.5 Å². The summed E-state index contributed by atoms with van der Waals surface area (Å²) < 4.78 is 11.5. The third kappa shape index (κ3) is 4.14.